The Hall–Kier alpha value is -1.72. The summed E-state index contributed by atoms with van der Waals surface area (Å²) in [7, 11) is -3.54. The summed E-state index contributed by atoms with van der Waals surface area (Å²) >= 11 is 0. The van der Waals surface area contributed by atoms with Crippen molar-refractivity contribution in [3.8, 4) is 0 Å². The standard InChI is InChI=1S/C22H40N4O6S/c1-2-3-13-33(31,32)25-15-19(22(29)30)14-24-21(28)18-5-4-12-26(16-18)20(27)7-6-17-8-10-23-11-9-17/h17-19,23,25H,2-16H2,1H3,(H,24,28)(H,29,30)/t18-,19+/m1/s1. The monoisotopic (exact) mass is 488 g/mol. The molecule has 2 aliphatic heterocycles. The van der Waals surface area contributed by atoms with Crippen molar-refractivity contribution in [1.29, 1.82) is 0 Å². The molecular formula is C22H40N4O6S. The fraction of sp³-hybridized carbons (Fsp3) is 0.864. The Balaban J connectivity index is 1.77. The molecule has 0 saturated carbocycles. The molecule has 0 aromatic rings. The molecule has 2 fully saturated rings. The first-order chi connectivity index (χ1) is 15.7. The number of piperidine rings is 2. The molecule has 2 rings (SSSR count). The number of carbonyl (C=O) groups is 3. The van der Waals surface area contributed by atoms with Crippen LogP contribution >= 0.6 is 0 Å². The van der Waals surface area contributed by atoms with Crippen molar-refractivity contribution in [1.82, 2.24) is 20.3 Å². The van der Waals surface area contributed by atoms with Gasteiger partial charge in [0.05, 0.1) is 17.6 Å². The Bertz CT molecular complexity index is 754. The summed E-state index contributed by atoms with van der Waals surface area (Å²) in [4.78, 5) is 38.6. The molecule has 2 amide bonds. The van der Waals surface area contributed by atoms with Gasteiger partial charge in [-0.3, -0.25) is 14.4 Å². The van der Waals surface area contributed by atoms with Gasteiger partial charge in [-0.25, -0.2) is 13.1 Å². The van der Waals surface area contributed by atoms with Crippen LogP contribution in [0.25, 0.3) is 0 Å². The molecule has 0 unspecified atom stereocenters. The van der Waals surface area contributed by atoms with E-state index in [1.807, 2.05) is 6.92 Å². The first kappa shape index (κ1) is 27.5. The minimum absolute atomic E-state index is 0.0498. The van der Waals surface area contributed by atoms with E-state index in [-0.39, 0.29) is 36.6 Å². The number of sulfonamides is 1. The molecule has 4 N–H and O–H groups in total. The van der Waals surface area contributed by atoms with Gasteiger partial charge in [-0.1, -0.05) is 13.3 Å². The Morgan fingerprint density at radius 2 is 1.88 bits per heavy atom. The van der Waals surface area contributed by atoms with Gasteiger partial charge < -0.3 is 20.6 Å². The molecule has 2 saturated heterocycles. The summed E-state index contributed by atoms with van der Waals surface area (Å²) in [6.45, 7) is 4.44. The van der Waals surface area contributed by atoms with Crippen LogP contribution in [0.2, 0.25) is 0 Å². The number of hydrogen-bond acceptors (Lipinski definition) is 6. The SMILES string of the molecule is CCCCS(=O)(=O)NC[C@H](CNC(=O)[C@@H]1CCCN(C(=O)CCC2CCNCC2)C1)C(=O)O. The third kappa shape index (κ3) is 9.97. The lowest BCUT2D eigenvalue weighted by molar-refractivity contribution is -0.141. The smallest absolute Gasteiger partial charge is 0.309 e. The maximum Gasteiger partial charge on any atom is 0.309 e. The highest BCUT2D eigenvalue weighted by Crippen LogP contribution is 2.21. The van der Waals surface area contributed by atoms with Gasteiger partial charge in [-0.2, -0.15) is 0 Å². The van der Waals surface area contributed by atoms with Gasteiger partial charge >= 0.3 is 5.97 Å². The van der Waals surface area contributed by atoms with Crippen molar-refractivity contribution in [2.45, 2.75) is 58.3 Å². The Morgan fingerprint density at radius 1 is 1.15 bits per heavy atom. The minimum atomic E-state index is -3.54. The highest BCUT2D eigenvalue weighted by molar-refractivity contribution is 7.89. The number of carboxylic acid groups (broad SMARTS) is 1. The summed E-state index contributed by atoms with van der Waals surface area (Å²) in [6, 6.07) is 0. The first-order valence-electron chi connectivity index (χ1n) is 12.2. The van der Waals surface area contributed by atoms with Gasteiger partial charge in [0.2, 0.25) is 21.8 Å². The molecule has 190 valence electrons. The van der Waals surface area contributed by atoms with Gasteiger partial charge in [0.25, 0.3) is 0 Å². The molecule has 0 aromatic carbocycles. The van der Waals surface area contributed by atoms with E-state index in [1.54, 1.807) is 4.90 Å². The van der Waals surface area contributed by atoms with E-state index in [9.17, 15) is 27.9 Å². The lowest BCUT2D eigenvalue weighted by atomic mass is 9.92. The van der Waals surface area contributed by atoms with E-state index in [1.165, 1.54) is 0 Å². The molecule has 2 heterocycles. The van der Waals surface area contributed by atoms with Crippen molar-refractivity contribution in [2.75, 3.05) is 45.0 Å². The van der Waals surface area contributed by atoms with Crippen LogP contribution in [0.1, 0.15) is 58.3 Å². The number of nitrogens with one attached hydrogen (secondary N) is 3. The molecule has 0 radical (unpaired) electrons. The number of amides is 2. The zero-order chi connectivity index (χ0) is 24.3. The van der Waals surface area contributed by atoms with Crippen LogP contribution in [0.5, 0.6) is 0 Å². The van der Waals surface area contributed by atoms with Crippen LogP contribution in [0, 0.1) is 17.8 Å². The molecular weight excluding hydrogens is 448 g/mol. The topological polar surface area (TPSA) is 145 Å². The van der Waals surface area contributed by atoms with Gasteiger partial charge in [0.1, 0.15) is 0 Å². The summed E-state index contributed by atoms with van der Waals surface area (Å²) < 4.78 is 26.2. The number of likely N-dealkylation sites (tertiary alicyclic amines) is 1. The number of carbonyl (C=O) groups excluding carboxylic acids is 2. The van der Waals surface area contributed by atoms with E-state index in [0.29, 0.717) is 38.3 Å². The third-order valence-electron chi connectivity index (χ3n) is 6.56. The van der Waals surface area contributed by atoms with Crippen molar-refractivity contribution >= 4 is 27.8 Å². The minimum Gasteiger partial charge on any atom is -0.481 e. The summed E-state index contributed by atoms with van der Waals surface area (Å²) in [6.07, 6.45) is 6.16. The maximum absolute atomic E-state index is 12.7. The van der Waals surface area contributed by atoms with Crippen LogP contribution < -0.4 is 15.4 Å². The van der Waals surface area contributed by atoms with E-state index in [0.717, 1.165) is 45.2 Å². The van der Waals surface area contributed by atoms with Gasteiger partial charge in [0.15, 0.2) is 0 Å². The predicted molar refractivity (Wildman–Crippen MR) is 125 cm³/mol. The molecule has 0 aromatic heterocycles. The summed E-state index contributed by atoms with van der Waals surface area (Å²) in [5, 5.41) is 15.4. The highest BCUT2D eigenvalue weighted by Gasteiger charge is 2.30. The van der Waals surface area contributed by atoms with Crippen molar-refractivity contribution in [3.05, 3.63) is 0 Å². The second-order valence-corrected chi connectivity index (χ2v) is 11.1. The van der Waals surface area contributed by atoms with E-state index >= 15 is 0 Å². The number of carboxylic acids is 1. The third-order valence-corrected chi connectivity index (χ3v) is 7.99. The Morgan fingerprint density at radius 3 is 2.55 bits per heavy atom. The summed E-state index contributed by atoms with van der Waals surface area (Å²) in [5.41, 5.74) is 0. The first-order valence-corrected chi connectivity index (χ1v) is 13.8. The van der Waals surface area contributed by atoms with Crippen molar-refractivity contribution in [2.24, 2.45) is 17.8 Å². The largest absolute Gasteiger partial charge is 0.481 e. The second-order valence-electron chi connectivity index (χ2n) is 9.21. The zero-order valence-electron chi connectivity index (χ0n) is 19.7. The van der Waals surface area contributed by atoms with Crippen molar-refractivity contribution < 1.29 is 27.9 Å². The van der Waals surface area contributed by atoms with Gasteiger partial charge in [0, 0.05) is 32.6 Å². The fourth-order valence-corrected chi connectivity index (χ4v) is 5.59. The van der Waals surface area contributed by atoms with Gasteiger partial charge in [-0.05, 0) is 57.5 Å². The number of hydrogen-bond donors (Lipinski definition) is 4. The van der Waals surface area contributed by atoms with E-state index in [2.05, 4.69) is 15.4 Å². The average Bonchev–Trinajstić information content (AvgIpc) is 2.81. The molecule has 33 heavy (non-hydrogen) atoms. The molecule has 0 spiro atoms. The Labute approximate surface area is 197 Å². The highest BCUT2D eigenvalue weighted by atomic mass is 32.2. The lowest BCUT2D eigenvalue weighted by Gasteiger charge is -2.33. The molecule has 2 atom stereocenters. The fourth-order valence-electron chi connectivity index (χ4n) is 4.32. The number of aliphatic carboxylic acids is 1. The molecule has 0 aliphatic carbocycles. The Kier molecular flexibility index (Phi) is 11.6. The average molecular weight is 489 g/mol. The zero-order valence-corrected chi connectivity index (χ0v) is 20.5. The van der Waals surface area contributed by atoms with E-state index < -0.39 is 21.9 Å². The van der Waals surface area contributed by atoms with Crippen LogP contribution in [-0.2, 0) is 24.4 Å². The van der Waals surface area contributed by atoms with Crippen LogP contribution in [0.4, 0.5) is 0 Å². The summed E-state index contributed by atoms with van der Waals surface area (Å²) in [5.74, 6) is -2.29. The predicted octanol–water partition coefficient (Wildman–Crippen LogP) is 0.541. The lowest BCUT2D eigenvalue weighted by Crippen LogP contribution is -2.47. The van der Waals surface area contributed by atoms with Crippen LogP contribution in [0.15, 0.2) is 0 Å². The van der Waals surface area contributed by atoms with E-state index in [4.69, 9.17) is 0 Å². The number of rotatable bonds is 13. The van der Waals surface area contributed by atoms with Crippen LogP contribution in [0.3, 0.4) is 0 Å². The van der Waals surface area contributed by atoms with Crippen molar-refractivity contribution in [3.63, 3.8) is 0 Å². The number of nitrogens with zero attached hydrogens (tertiary/aromatic N) is 1. The van der Waals surface area contributed by atoms with Crippen LogP contribution in [-0.4, -0.2) is 81.2 Å². The molecule has 2 aliphatic rings. The normalized spacial score (nSPS) is 20.9. The quantitative estimate of drug-likeness (QED) is 0.296. The molecule has 0 bridgehead atoms. The molecule has 10 nitrogen and oxygen atoms in total. The number of unbranched alkanes of at least 4 members (excludes halogenated alkanes) is 1. The maximum atomic E-state index is 12.7. The second kappa shape index (κ2) is 13.9. The molecule has 11 heteroatoms. The van der Waals surface area contributed by atoms with Gasteiger partial charge in [-0.15, -0.1) is 0 Å².